The van der Waals surface area contributed by atoms with Crippen LogP contribution >= 0.6 is 0 Å². The number of rotatable bonds is 4. The topological polar surface area (TPSA) is 70.1 Å². The first-order chi connectivity index (χ1) is 9.51. The highest BCUT2D eigenvalue weighted by Gasteiger charge is 2.16. The van der Waals surface area contributed by atoms with E-state index in [0.29, 0.717) is 0 Å². The molecular formula is C13H13F2N3O2. The summed E-state index contributed by atoms with van der Waals surface area (Å²) < 4.78 is 32.4. The van der Waals surface area contributed by atoms with E-state index in [0.717, 1.165) is 12.1 Å². The monoisotopic (exact) mass is 281 g/mol. The summed E-state index contributed by atoms with van der Waals surface area (Å²) in [6.07, 6.45) is 1.40. The zero-order valence-corrected chi connectivity index (χ0v) is 10.8. The van der Waals surface area contributed by atoms with Crippen LogP contribution in [0, 0.1) is 11.6 Å². The normalized spacial score (nSPS) is 10.6. The smallest absolute Gasteiger partial charge is 0.361 e. The number of hydrogen-bond donors (Lipinski definition) is 1. The molecule has 1 heterocycles. The van der Waals surface area contributed by atoms with Crippen LogP contribution in [0.2, 0.25) is 0 Å². The molecule has 7 heteroatoms. The van der Waals surface area contributed by atoms with E-state index in [9.17, 15) is 13.6 Å². The summed E-state index contributed by atoms with van der Waals surface area (Å²) in [5, 5.41) is 3.94. The van der Waals surface area contributed by atoms with Gasteiger partial charge in [0.25, 0.3) is 0 Å². The van der Waals surface area contributed by atoms with Gasteiger partial charge in [-0.1, -0.05) is 6.07 Å². The molecule has 0 aliphatic rings. The number of carbonyl (C=O) groups is 1. The van der Waals surface area contributed by atoms with E-state index in [-0.39, 0.29) is 30.1 Å². The molecule has 0 spiro atoms. The van der Waals surface area contributed by atoms with Crippen LogP contribution in [0.5, 0.6) is 0 Å². The van der Waals surface area contributed by atoms with Crippen molar-refractivity contribution in [1.82, 2.24) is 9.78 Å². The summed E-state index contributed by atoms with van der Waals surface area (Å²) in [6, 6.07) is 3.25. The number of halogens is 2. The Balaban J connectivity index is 2.22. The minimum Gasteiger partial charge on any atom is -0.461 e. The number of esters is 1. The van der Waals surface area contributed by atoms with Gasteiger partial charge in [-0.05, 0) is 13.0 Å². The maximum Gasteiger partial charge on any atom is 0.361 e. The molecule has 0 bridgehead atoms. The fourth-order valence-corrected chi connectivity index (χ4v) is 1.70. The maximum absolute atomic E-state index is 13.5. The number of hydrogen-bond acceptors (Lipinski definition) is 4. The van der Waals surface area contributed by atoms with Gasteiger partial charge in [0.1, 0.15) is 11.6 Å². The third-order valence-corrected chi connectivity index (χ3v) is 2.61. The van der Waals surface area contributed by atoms with E-state index in [1.165, 1.54) is 16.9 Å². The van der Waals surface area contributed by atoms with E-state index in [4.69, 9.17) is 10.5 Å². The van der Waals surface area contributed by atoms with Gasteiger partial charge in [-0.2, -0.15) is 5.10 Å². The predicted molar refractivity (Wildman–Crippen MR) is 68.1 cm³/mol. The Kier molecular flexibility index (Phi) is 3.97. The highest BCUT2D eigenvalue weighted by molar-refractivity contribution is 5.92. The lowest BCUT2D eigenvalue weighted by Gasteiger charge is -2.03. The molecule has 0 saturated carbocycles. The zero-order chi connectivity index (χ0) is 14.7. The van der Waals surface area contributed by atoms with Crippen molar-refractivity contribution in [2.45, 2.75) is 13.5 Å². The van der Waals surface area contributed by atoms with Crippen molar-refractivity contribution < 1.29 is 18.3 Å². The number of ether oxygens (including phenoxy) is 1. The number of carbonyl (C=O) groups excluding carboxylic acids is 1. The van der Waals surface area contributed by atoms with E-state index in [1.54, 1.807) is 6.92 Å². The lowest BCUT2D eigenvalue weighted by molar-refractivity contribution is 0.0519. The van der Waals surface area contributed by atoms with Gasteiger partial charge in [0.05, 0.1) is 18.8 Å². The Hall–Kier alpha value is -2.44. The number of nitrogens with zero attached hydrogens (tertiary/aromatic N) is 2. The largest absolute Gasteiger partial charge is 0.461 e. The van der Waals surface area contributed by atoms with E-state index in [1.807, 2.05) is 0 Å². The zero-order valence-electron chi connectivity index (χ0n) is 10.8. The van der Waals surface area contributed by atoms with Gasteiger partial charge in [0, 0.05) is 17.8 Å². The second-order valence-electron chi connectivity index (χ2n) is 4.09. The Morgan fingerprint density at radius 2 is 2.20 bits per heavy atom. The van der Waals surface area contributed by atoms with E-state index < -0.39 is 17.6 Å². The van der Waals surface area contributed by atoms with Crippen molar-refractivity contribution in [1.29, 1.82) is 0 Å². The lowest BCUT2D eigenvalue weighted by atomic mass is 10.2. The van der Waals surface area contributed by atoms with E-state index in [2.05, 4.69) is 5.10 Å². The molecule has 0 amide bonds. The molecule has 0 fully saturated rings. The van der Waals surface area contributed by atoms with Crippen molar-refractivity contribution in [3.05, 3.63) is 47.3 Å². The quantitative estimate of drug-likeness (QED) is 0.870. The second-order valence-corrected chi connectivity index (χ2v) is 4.09. The standard InChI is InChI=1S/C13H13F2N3O2/c1-2-20-13(19)12-11(16)7-18(17-12)6-8-3-4-9(14)5-10(8)15/h3-5,7H,2,6,16H2,1H3. The molecule has 1 aromatic heterocycles. The third-order valence-electron chi connectivity index (χ3n) is 2.61. The summed E-state index contributed by atoms with van der Waals surface area (Å²) in [7, 11) is 0. The van der Waals surface area contributed by atoms with Crippen molar-refractivity contribution in [2.75, 3.05) is 12.3 Å². The highest BCUT2D eigenvalue weighted by Crippen LogP contribution is 2.15. The second kappa shape index (κ2) is 5.68. The molecule has 1 aromatic carbocycles. The number of nitrogen functional groups attached to an aromatic ring is 1. The molecule has 0 unspecified atom stereocenters. The van der Waals surface area contributed by atoms with Gasteiger partial charge in [0.15, 0.2) is 5.69 Å². The first kappa shape index (κ1) is 14.0. The van der Waals surface area contributed by atoms with Crippen LogP contribution in [-0.2, 0) is 11.3 Å². The molecule has 0 saturated heterocycles. The number of anilines is 1. The van der Waals surface area contributed by atoms with Gasteiger partial charge in [-0.25, -0.2) is 13.6 Å². The maximum atomic E-state index is 13.5. The highest BCUT2D eigenvalue weighted by atomic mass is 19.1. The molecule has 0 aliphatic heterocycles. The van der Waals surface area contributed by atoms with Crippen LogP contribution in [0.15, 0.2) is 24.4 Å². The van der Waals surface area contributed by atoms with E-state index >= 15 is 0 Å². The summed E-state index contributed by atoms with van der Waals surface area (Å²) in [6.45, 7) is 1.91. The van der Waals surface area contributed by atoms with Crippen molar-refractivity contribution in [3.63, 3.8) is 0 Å². The Labute approximate surface area is 114 Å². The fraction of sp³-hybridized carbons (Fsp3) is 0.231. The lowest BCUT2D eigenvalue weighted by Crippen LogP contribution is -2.09. The number of benzene rings is 1. The van der Waals surface area contributed by atoms with Crippen LogP contribution in [0.3, 0.4) is 0 Å². The number of aromatic nitrogens is 2. The van der Waals surface area contributed by atoms with Gasteiger partial charge < -0.3 is 10.5 Å². The number of nitrogens with two attached hydrogens (primary N) is 1. The molecule has 20 heavy (non-hydrogen) atoms. The van der Waals surface area contributed by atoms with Gasteiger partial charge in [-0.15, -0.1) is 0 Å². The molecule has 0 atom stereocenters. The molecule has 2 aromatic rings. The summed E-state index contributed by atoms with van der Waals surface area (Å²) in [5.41, 5.74) is 6.02. The van der Waals surface area contributed by atoms with Gasteiger partial charge in [0.2, 0.25) is 0 Å². The molecule has 2 rings (SSSR count). The predicted octanol–water partition coefficient (Wildman–Crippen LogP) is 1.97. The Morgan fingerprint density at radius 1 is 1.45 bits per heavy atom. The van der Waals surface area contributed by atoms with Gasteiger partial charge >= 0.3 is 5.97 Å². The molecule has 0 radical (unpaired) electrons. The average molecular weight is 281 g/mol. The minimum absolute atomic E-state index is 0.0191. The van der Waals surface area contributed by atoms with Crippen LogP contribution < -0.4 is 5.73 Å². The Morgan fingerprint density at radius 3 is 2.85 bits per heavy atom. The van der Waals surface area contributed by atoms with Crippen LogP contribution in [0.25, 0.3) is 0 Å². The van der Waals surface area contributed by atoms with Crippen LogP contribution in [-0.4, -0.2) is 22.4 Å². The first-order valence-corrected chi connectivity index (χ1v) is 5.95. The Bertz CT molecular complexity index is 641. The third kappa shape index (κ3) is 2.93. The van der Waals surface area contributed by atoms with Crippen molar-refractivity contribution >= 4 is 11.7 Å². The average Bonchev–Trinajstić information content (AvgIpc) is 2.74. The molecule has 0 aliphatic carbocycles. The minimum atomic E-state index is -0.684. The first-order valence-electron chi connectivity index (χ1n) is 5.95. The van der Waals surface area contributed by atoms with Crippen LogP contribution in [0.4, 0.5) is 14.5 Å². The van der Waals surface area contributed by atoms with Crippen LogP contribution in [0.1, 0.15) is 23.0 Å². The molecular weight excluding hydrogens is 268 g/mol. The molecule has 106 valence electrons. The molecule has 2 N–H and O–H groups in total. The molecule has 5 nitrogen and oxygen atoms in total. The SMILES string of the molecule is CCOC(=O)c1nn(Cc2ccc(F)cc2F)cc1N. The summed E-state index contributed by atoms with van der Waals surface area (Å²) in [5.74, 6) is -1.97. The summed E-state index contributed by atoms with van der Waals surface area (Å²) in [4.78, 5) is 11.5. The summed E-state index contributed by atoms with van der Waals surface area (Å²) >= 11 is 0. The van der Waals surface area contributed by atoms with Crippen molar-refractivity contribution in [3.8, 4) is 0 Å². The van der Waals surface area contributed by atoms with Gasteiger partial charge in [-0.3, -0.25) is 4.68 Å². The fourth-order valence-electron chi connectivity index (χ4n) is 1.70. The van der Waals surface area contributed by atoms with Crippen molar-refractivity contribution in [2.24, 2.45) is 0 Å².